The second-order valence-corrected chi connectivity index (χ2v) is 4.05. The second-order valence-electron chi connectivity index (χ2n) is 3.61. The van der Waals surface area contributed by atoms with Gasteiger partial charge in [0.1, 0.15) is 5.82 Å². The molecule has 0 spiro atoms. The summed E-state index contributed by atoms with van der Waals surface area (Å²) in [6.07, 6.45) is 1.95. The Bertz CT molecular complexity index is 334. The minimum Gasteiger partial charge on any atom is -0.330 e. The fourth-order valence-corrected chi connectivity index (χ4v) is 1.81. The third-order valence-electron chi connectivity index (χ3n) is 2.74. The van der Waals surface area contributed by atoms with E-state index in [1.54, 1.807) is 12.1 Å². The summed E-state index contributed by atoms with van der Waals surface area (Å²) in [5, 5.41) is 0.580. The van der Waals surface area contributed by atoms with Crippen LogP contribution < -0.4 is 5.73 Å². The zero-order valence-electron chi connectivity index (χ0n) is 7.19. The predicted molar refractivity (Wildman–Crippen MR) is 51.4 cm³/mol. The van der Waals surface area contributed by atoms with Crippen LogP contribution in [0.3, 0.4) is 0 Å². The highest BCUT2D eigenvalue weighted by atomic mass is 35.5. The quantitative estimate of drug-likeness (QED) is 0.778. The predicted octanol–water partition coefficient (Wildman–Crippen LogP) is 2.47. The normalized spacial score (nSPS) is 18.7. The molecule has 0 saturated heterocycles. The van der Waals surface area contributed by atoms with E-state index >= 15 is 0 Å². The lowest BCUT2D eigenvalue weighted by atomic mass is 9.96. The van der Waals surface area contributed by atoms with Crippen molar-refractivity contribution >= 4 is 11.6 Å². The minimum absolute atomic E-state index is 0.116. The Morgan fingerprint density at radius 2 is 2.15 bits per heavy atom. The largest absolute Gasteiger partial charge is 0.330 e. The summed E-state index contributed by atoms with van der Waals surface area (Å²) >= 11 is 5.80. The number of benzene rings is 1. The molecule has 0 unspecified atom stereocenters. The third kappa shape index (κ3) is 1.45. The molecule has 0 amide bonds. The third-order valence-corrected chi connectivity index (χ3v) is 2.98. The lowest BCUT2D eigenvalue weighted by molar-refractivity contribution is 0.573. The molecule has 0 atom stereocenters. The van der Waals surface area contributed by atoms with Crippen LogP contribution in [0.15, 0.2) is 18.2 Å². The SMILES string of the molecule is NCC1(c2cc(Cl)ccc2F)CC1. The van der Waals surface area contributed by atoms with Gasteiger partial charge in [-0.2, -0.15) is 0 Å². The van der Waals surface area contributed by atoms with Crippen LogP contribution in [0.25, 0.3) is 0 Å². The van der Waals surface area contributed by atoms with Gasteiger partial charge in [0.05, 0.1) is 0 Å². The molecule has 0 heterocycles. The first kappa shape index (κ1) is 8.97. The van der Waals surface area contributed by atoms with Crippen LogP contribution in [0.5, 0.6) is 0 Å². The molecule has 3 heteroatoms. The lowest BCUT2D eigenvalue weighted by Crippen LogP contribution is -2.20. The second kappa shape index (κ2) is 2.96. The smallest absolute Gasteiger partial charge is 0.127 e. The van der Waals surface area contributed by atoms with E-state index in [-0.39, 0.29) is 11.2 Å². The van der Waals surface area contributed by atoms with E-state index in [1.807, 2.05) is 0 Å². The van der Waals surface area contributed by atoms with Crippen molar-refractivity contribution in [2.24, 2.45) is 5.73 Å². The summed E-state index contributed by atoms with van der Waals surface area (Å²) in [6, 6.07) is 4.66. The summed E-state index contributed by atoms with van der Waals surface area (Å²) < 4.78 is 13.4. The van der Waals surface area contributed by atoms with Crippen molar-refractivity contribution in [3.8, 4) is 0 Å². The van der Waals surface area contributed by atoms with Crippen molar-refractivity contribution in [1.29, 1.82) is 0 Å². The molecule has 1 aromatic rings. The molecule has 0 aliphatic heterocycles. The number of rotatable bonds is 2. The fourth-order valence-electron chi connectivity index (χ4n) is 1.64. The van der Waals surface area contributed by atoms with Gasteiger partial charge in [-0.3, -0.25) is 0 Å². The van der Waals surface area contributed by atoms with E-state index in [9.17, 15) is 4.39 Å². The summed E-state index contributed by atoms with van der Waals surface area (Å²) in [7, 11) is 0. The van der Waals surface area contributed by atoms with Gasteiger partial charge in [0.2, 0.25) is 0 Å². The standard InChI is InChI=1S/C10H11ClFN/c11-7-1-2-9(12)8(5-7)10(6-13)3-4-10/h1-2,5H,3-4,6,13H2. The molecule has 1 aliphatic carbocycles. The average molecular weight is 200 g/mol. The molecule has 0 aromatic heterocycles. The Morgan fingerprint density at radius 3 is 2.69 bits per heavy atom. The van der Waals surface area contributed by atoms with Crippen LogP contribution in [0.4, 0.5) is 4.39 Å². The van der Waals surface area contributed by atoms with Gasteiger partial charge in [0.25, 0.3) is 0 Å². The molecule has 0 bridgehead atoms. The van der Waals surface area contributed by atoms with E-state index in [2.05, 4.69) is 0 Å². The lowest BCUT2D eigenvalue weighted by Gasteiger charge is -2.13. The Hall–Kier alpha value is -0.600. The minimum atomic E-state index is -0.188. The van der Waals surface area contributed by atoms with Crippen molar-refractivity contribution < 1.29 is 4.39 Å². The first-order valence-electron chi connectivity index (χ1n) is 4.33. The van der Waals surface area contributed by atoms with E-state index in [0.717, 1.165) is 12.8 Å². The highest BCUT2D eigenvalue weighted by molar-refractivity contribution is 6.30. The van der Waals surface area contributed by atoms with E-state index in [0.29, 0.717) is 17.1 Å². The first-order valence-corrected chi connectivity index (χ1v) is 4.71. The maximum atomic E-state index is 13.4. The summed E-state index contributed by atoms with van der Waals surface area (Å²) in [4.78, 5) is 0. The Balaban J connectivity index is 2.44. The molecule has 1 aromatic carbocycles. The summed E-state index contributed by atoms with van der Waals surface area (Å²) in [6.45, 7) is 0.504. The topological polar surface area (TPSA) is 26.0 Å². The number of hydrogen-bond donors (Lipinski definition) is 1. The van der Waals surface area contributed by atoms with Crippen LogP contribution in [-0.2, 0) is 5.41 Å². The molecule has 1 aliphatic rings. The molecular formula is C10H11ClFN. The molecule has 2 N–H and O–H groups in total. The van der Waals surface area contributed by atoms with Crippen molar-refractivity contribution in [3.63, 3.8) is 0 Å². The van der Waals surface area contributed by atoms with E-state index in [1.165, 1.54) is 6.07 Å². The van der Waals surface area contributed by atoms with Crippen LogP contribution in [-0.4, -0.2) is 6.54 Å². The summed E-state index contributed by atoms with van der Waals surface area (Å²) in [5.41, 5.74) is 6.18. The molecule has 1 nitrogen and oxygen atoms in total. The maximum absolute atomic E-state index is 13.4. The molecule has 1 saturated carbocycles. The Kier molecular flexibility index (Phi) is 2.05. The molecular weight excluding hydrogens is 189 g/mol. The fraction of sp³-hybridized carbons (Fsp3) is 0.400. The van der Waals surface area contributed by atoms with Crippen LogP contribution in [0.2, 0.25) is 5.02 Å². The van der Waals surface area contributed by atoms with Gasteiger partial charge in [-0.15, -0.1) is 0 Å². The zero-order chi connectivity index (χ0) is 9.47. The Labute approximate surface area is 81.7 Å². The van der Waals surface area contributed by atoms with Crippen molar-refractivity contribution in [3.05, 3.63) is 34.6 Å². The highest BCUT2D eigenvalue weighted by Crippen LogP contribution is 2.48. The van der Waals surface area contributed by atoms with Gasteiger partial charge in [-0.25, -0.2) is 4.39 Å². The van der Waals surface area contributed by atoms with Gasteiger partial charge in [-0.1, -0.05) is 11.6 Å². The van der Waals surface area contributed by atoms with Crippen molar-refractivity contribution in [1.82, 2.24) is 0 Å². The number of hydrogen-bond acceptors (Lipinski definition) is 1. The van der Waals surface area contributed by atoms with E-state index in [4.69, 9.17) is 17.3 Å². The van der Waals surface area contributed by atoms with Gasteiger partial charge in [-0.05, 0) is 36.6 Å². The monoisotopic (exact) mass is 199 g/mol. The van der Waals surface area contributed by atoms with Gasteiger partial charge in [0, 0.05) is 17.0 Å². The van der Waals surface area contributed by atoms with Crippen LogP contribution >= 0.6 is 11.6 Å². The molecule has 70 valence electrons. The zero-order valence-corrected chi connectivity index (χ0v) is 7.94. The van der Waals surface area contributed by atoms with Gasteiger partial charge >= 0.3 is 0 Å². The van der Waals surface area contributed by atoms with Gasteiger partial charge in [0.15, 0.2) is 0 Å². The van der Waals surface area contributed by atoms with E-state index < -0.39 is 0 Å². The van der Waals surface area contributed by atoms with Crippen molar-refractivity contribution in [2.45, 2.75) is 18.3 Å². The summed E-state index contributed by atoms with van der Waals surface area (Å²) in [5.74, 6) is -0.188. The molecule has 2 rings (SSSR count). The van der Waals surface area contributed by atoms with Crippen molar-refractivity contribution in [2.75, 3.05) is 6.54 Å². The van der Waals surface area contributed by atoms with Crippen LogP contribution in [0, 0.1) is 5.82 Å². The van der Waals surface area contributed by atoms with Crippen LogP contribution in [0.1, 0.15) is 18.4 Å². The number of halogens is 2. The molecule has 13 heavy (non-hydrogen) atoms. The maximum Gasteiger partial charge on any atom is 0.127 e. The number of nitrogens with two attached hydrogens (primary N) is 1. The average Bonchev–Trinajstić information content (AvgIpc) is 2.90. The first-order chi connectivity index (χ1) is 6.18. The van der Waals surface area contributed by atoms with Gasteiger partial charge < -0.3 is 5.73 Å². The molecule has 1 fully saturated rings. The highest BCUT2D eigenvalue weighted by Gasteiger charge is 2.44. The Morgan fingerprint density at radius 1 is 1.46 bits per heavy atom. The molecule has 0 radical (unpaired) electrons.